The van der Waals surface area contributed by atoms with Gasteiger partial charge in [-0.25, -0.2) is 13.8 Å². The summed E-state index contributed by atoms with van der Waals surface area (Å²) in [5.74, 6) is -3.00. The van der Waals surface area contributed by atoms with Crippen molar-refractivity contribution in [3.05, 3.63) is 65.1 Å². The molecule has 2 heterocycles. The normalized spacial score (nSPS) is 12.5. The van der Waals surface area contributed by atoms with Gasteiger partial charge in [0, 0.05) is 36.3 Å². The summed E-state index contributed by atoms with van der Waals surface area (Å²) >= 11 is 6.10. The lowest BCUT2D eigenvalue weighted by molar-refractivity contribution is 0.0169. The zero-order valence-electron chi connectivity index (χ0n) is 17.3. The van der Waals surface area contributed by atoms with E-state index in [2.05, 4.69) is 15.2 Å². The summed E-state index contributed by atoms with van der Waals surface area (Å²) < 4.78 is 32.3. The highest BCUT2D eigenvalue weighted by molar-refractivity contribution is 6.31. The van der Waals surface area contributed by atoms with Crippen molar-refractivity contribution in [2.45, 2.75) is 32.7 Å². The molecular formula is C21H22ClF2N5O2. The summed E-state index contributed by atoms with van der Waals surface area (Å²) in [5, 5.41) is 8.64. The molecule has 0 spiro atoms. The predicted octanol–water partition coefficient (Wildman–Crippen LogP) is 4.36. The van der Waals surface area contributed by atoms with E-state index in [1.807, 2.05) is 13.8 Å². The summed E-state index contributed by atoms with van der Waals surface area (Å²) in [5.41, 5.74) is 0.662. The Labute approximate surface area is 183 Å². The Balaban J connectivity index is 1.74. The van der Waals surface area contributed by atoms with Crippen molar-refractivity contribution in [2.75, 3.05) is 13.2 Å². The molecule has 0 N–H and O–H groups in total. The molecule has 3 rings (SSSR count). The number of halogens is 3. The van der Waals surface area contributed by atoms with Crippen LogP contribution in [0.4, 0.5) is 8.78 Å². The minimum Gasteiger partial charge on any atom is -0.475 e. The SMILES string of the molecule is CCN(C(=O)c1ccc(Cl)cc1-n1nccn1)[C@@H](C)COc1ccc(C(C)(F)F)cn1. The van der Waals surface area contributed by atoms with Crippen LogP contribution in [0.15, 0.2) is 48.9 Å². The molecule has 0 unspecified atom stereocenters. The topological polar surface area (TPSA) is 73.1 Å². The van der Waals surface area contributed by atoms with Gasteiger partial charge < -0.3 is 9.64 Å². The molecule has 1 amide bonds. The number of ether oxygens (including phenoxy) is 1. The number of alkyl halides is 2. The monoisotopic (exact) mass is 449 g/mol. The molecule has 3 aromatic rings. The molecule has 0 saturated heterocycles. The number of rotatable bonds is 8. The van der Waals surface area contributed by atoms with Crippen molar-refractivity contribution < 1.29 is 18.3 Å². The second-order valence-corrected chi connectivity index (χ2v) is 7.44. The zero-order valence-corrected chi connectivity index (χ0v) is 18.1. The van der Waals surface area contributed by atoms with E-state index in [0.717, 1.165) is 13.1 Å². The van der Waals surface area contributed by atoms with Gasteiger partial charge in [-0.2, -0.15) is 15.0 Å². The average Bonchev–Trinajstić information content (AvgIpc) is 3.27. The Bertz CT molecular complexity index is 1020. The second kappa shape index (κ2) is 9.38. The molecule has 0 saturated carbocycles. The Hall–Kier alpha value is -3.07. The molecule has 2 aromatic heterocycles. The van der Waals surface area contributed by atoms with E-state index in [1.54, 1.807) is 23.1 Å². The first-order valence-electron chi connectivity index (χ1n) is 9.65. The highest BCUT2D eigenvalue weighted by Crippen LogP contribution is 2.27. The maximum absolute atomic E-state index is 13.3. The van der Waals surface area contributed by atoms with Crippen LogP contribution in [0, 0.1) is 0 Å². The molecule has 0 radical (unpaired) electrons. The third-order valence-electron chi connectivity index (χ3n) is 4.67. The number of likely N-dealkylation sites (N-methyl/N-ethyl adjacent to an activating group) is 1. The molecule has 0 fully saturated rings. The molecule has 7 nitrogen and oxygen atoms in total. The molecule has 0 aliphatic carbocycles. The first-order chi connectivity index (χ1) is 14.7. The smallest absolute Gasteiger partial charge is 0.272 e. The largest absolute Gasteiger partial charge is 0.475 e. The lowest BCUT2D eigenvalue weighted by Gasteiger charge is -2.28. The standard InChI is InChI=1S/C21H22ClF2N5O2/c1-4-28(14(2)13-31-19-8-5-15(12-25-19)21(3,23)24)20(30)17-7-6-16(22)11-18(17)29-26-9-10-27-29/h5-12,14H,4,13H2,1-3H3/t14-/m0/s1. The third-order valence-corrected chi connectivity index (χ3v) is 4.91. The molecule has 31 heavy (non-hydrogen) atoms. The lowest BCUT2D eigenvalue weighted by Crippen LogP contribution is -2.42. The van der Waals surface area contributed by atoms with E-state index < -0.39 is 5.92 Å². The van der Waals surface area contributed by atoms with E-state index in [4.69, 9.17) is 16.3 Å². The minimum atomic E-state index is -2.97. The van der Waals surface area contributed by atoms with Crippen molar-refractivity contribution in [2.24, 2.45) is 0 Å². The Morgan fingerprint density at radius 3 is 2.55 bits per heavy atom. The van der Waals surface area contributed by atoms with E-state index >= 15 is 0 Å². The van der Waals surface area contributed by atoms with E-state index in [9.17, 15) is 13.6 Å². The predicted molar refractivity (Wildman–Crippen MR) is 112 cm³/mol. The van der Waals surface area contributed by atoms with Gasteiger partial charge in [0.2, 0.25) is 5.88 Å². The van der Waals surface area contributed by atoms with Crippen LogP contribution in [-0.4, -0.2) is 50.0 Å². The fourth-order valence-corrected chi connectivity index (χ4v) is 3.19. The van der Waals surface area contributed by atoms with Gasteiger partial charge in [0.1, 0.15) is 6.61 Å². The minimum absolute atomic E-state index is 0.136. The van der Waals surface area contributed by atoms with Crippen LogP contribution in [0.2, 0.25) is 5.02 Å². The molecule has 0 aliphatic rings. The van der Waals surface area contributed by atoms with Crippen LogP contribution >= 0.6 is 11.6 Å². The van der Waals surface area contributed by atoms with Crippen LogP contribution < -0.4 is 4.74 Å². The summed E-state index contributed by atoms with van der Waals surface area (Å²) in [4.78, 5) is 20.2. The van der Waals surface area contributed by atoms with Gasteiger partial charge in [-0.15, -0.1) is 0 Å². The van der Waals surface area contributed by atoms with Crippen molar-refractivity contribution in [3.8, 4) is 11.6 Å². The quantitative estimate of drug-likeness (QED) is 0.511. The molecule has 0 aliphatic heterocycles. The van der Waals surface area contributed by atoms with E-state index in [-0.39, 0.29) is 30.0 Å². The van der Waals surface area contributed by atoms with Gasteiger partial charge >= 0.3 is 0 Å². The molecule has 10 heteroatoms. The number of carbonyl (C=O) groups excluding carboxylic acids is 1. The van der Waals surface area contributed by atoms with Crippen LogP contribution in [0.3, 0.4) is 0 Å². The van der Waals surface area contributed by atoms with E-state index in [0.29, 0.717) is 22.8 Å². The Morgan fingerprint density at radius 2 is 1.97 bits per heavy atom. The van der Waals surface area contributed by atoms with Gasteiger partial charge in [-0.3, -0.25) is 4.79 Å². The van der Waals surface area contributed by atoms with Crippen LogP contribution in [0.1, 0.15) is 36.7 Å². The maximum Gasteiger partial charge on any atom is 0.272 e. The van der Waals surface area contributed by atoms with Gasteiger partial charge in [0.15, 0.2) is 0 Å². The van der Waals surface area contributed by atoms with Gasteiger partial charge in [-0.1, -0.05) is 11.6 Å². The first kappa shape index (κ1) is 22.6. The average molecular weight is 450 g/mol. The fourth-order valence-electron chi connectivity index (χ4n) is 3.02. The second-order valence-electron chi connectivity index (χ2n) is 7.00. The maximum atomic E-state index is 13.3. The summed E-state index contributed by atoms with van der Waals surface area (Å²) in [6.07, 6.45) is 4.10. The van der Waals surface area contributed by atoms with Gasteiger partial charge in [-0.05, 0) is 38.1 Å². The summed E-state index contributed by atoms with van der Waals surface area (Å²) in [7, 11) is 0. The zero-order chi connectivity index (χ0) is 22.6. The molecule has 1 atom stereocenters. The Kier molecular flexibility index (Phi) is 6.84. The number of pyridine rings is 1. The lowest BCUT2D eigenvalue weighted by atomic mass is 10.1. The number of aromatic nitrogens is 4. The highest BCUT2D eigenvalue weighted by Gasteiger charge is 2.26. The first-order valence-corrected chi connectivity index (χ1v) is 10.0. The number of amides is 1. The third kappa shape index (κ3) is 5.35. The molecule has 164 valence electrons. The van der Waals surface area contributed by atoms with Gasteiger partial charge in [0.05, 0.1) is 29.7 Å². The number of hydrogen-bond acceptors (Lipinski definition) is 5. The number of nitrogens with zero attached hydrogens (tertiary/aromatic N) is 5. The number of benzene rings is 1. The van der Waals surface area contributed by atoms with Crippen LogP contribution in [-0.2, 0) is 5.92 Å². The van der Waals surface area contributed by atoms with E-state index in [1.165, 1.54) is 29.3 Å². The van der Waals surface area contributed by atoms with Crippen molar-refractivity contribution >= 4 is 17.5 Å². The van der Waals surface area contributed by atoms with Crippen LogP contribution in [0.5, 0.6) is 5.88 Å². The van der Waals surface area contributed by atoms with Crippen molar-refractivity contribution in [1.82, 2.24) is 24.9 Å². The van der Waals surface area contributed by atoms with Crippen molar-refractivity contribution in [3.63, 3.8) is 0 Å². The molecular weight excluding hydrogens is 428 g/mol. The Morgan fingerprint density at radius 1 is 1.26 bits per heavy atom. The molecule has 0 bridgehead atoms. The molecule has 1 aromatic carbocycles. The van der Waals surface area contributed by atoms with Crippen molar-refractivity contribution in [1.29, 1.82) is 0 Å². The fraction of sp³-hybridized carbons (Fsp3) is 0.333. The van der Waals surface area contributed by atoms with Crippen LogP contribution in [0.25, 0.3) is 5.69 Å². The number of carbonyl (C=O) groups is 1. The number of hydrogen-bond donors (Lipinski definition) is 0. The van der Waals surface area contributed by atoms with Gasteiger partial charge in [0.25, 0.3) is 11.8 Å². The highest BCUT2D eigenvalue weighted by atomic mass is 35.5. The summed E-state index contributed by atoms with van der Waals surface area (Å²) in [6, 6.07) is 7.22. The summed E-state index contributed by atoms with van der Waals surface area (Å²) in [6.45, 7) is 5.05.